The topological polar surface area (TPSA) is 64.6 Å². The summed E-state index contributed by atoms with van der Waals surface area (Å²) in [5, 5.41) is 3.05. The Bertz CT molecular complexity index is 533. The maximum Gasteiger partial charge on any atom is 0.307 e. The summed E-state index contributed by atoms with van der Waals surface area (Å²) < 4.78 is 23.2. The predicted molar refractivity (Wildman–Crippen MR) is 85.0 cm³/mol. The molecule has 1 aromatic carbocycles. The van der Waals surface area contributed by atoms with Crippen LogP contribution in [0.2, 0.25) is 0 Å². The largest absolute Gasteiger partial charge is 0.466 e. The number of carbonyl (C=O) groups is 2. The van der Waals surface area contributed by atoms with Crippen LogP contribution in [0.5, 0.6) is 0 Å². The minimum atomic E-state index is -0.698. The maximum atomic E-state index is 13.3. The van der Waals surface area contributed by atoms with E-state index in [2.05, 4.69) is 5.32 Å². The number of rotatable bonds is 10. The molecular weight excluding hydrogens is 301 g/mol. The number of halogens is 1. The van der Waals surface area contributed by atoms with E-state index in [1.807, 2.05) is 0 Å². The Morgan fingerprint density at radius 2 is 2.09 bits per heavy atom. The van der Waals surface area contributed by atoms with Crippen molar-refractivity contribution in [3.05, 3.63) is 35.1 Å². The molecule has 1 atom stereocenters. The summed E-state index contributed by atoms with van der Waals surface area (Å²) in [7, 11) is 1.60. The second-order valence-corrected chi connectivity index (χ2v) is 5.19. The Hall–Kier alpha value is -1.79. The average molecular weight is 325 g/mol. The van der Waals surface area contributed by atoms with Crippen molar-refractivity contribution >= 4 is 11.8 Å². The summed E-state index contributed by atoms with van der Waals surface area (Å²) in [6.45, 7) is 4.66. The van der Waals surface area contributed by atoms with Crippen molar-refractivity contribution in [3.63, 3.8) is 0 Å². The second-order valence-electron chi connectivity index (χ2n) is 5.19. The molecule has 0 heterocycles. The van der Waals surface area contributed by atoms with Crippen molar-refractivity contribution in [2.45, 2.75) is 32.7 Å². The monoisotopic (exact) mass is 325 g/mol. The third kappa shape index (κ3) is 6.46. The van der Waals surface area contributed by atoms with Crippen LogP contribution < -0.4 is 5.32 Å². The van der Waals surface area contributed by atoms with Crippen LogP contribution in [0.3, 0.4) is 0 Å². The predicted octanol–water partition coefficient (Wildman–Crippen LogP) is 2.26. The lowest BCUT2D eigenvalue weighted by Gasteiger charge is -2.17. The van der Waals surface area contributed by atoms with Gasteiger partial charge in [-0.1, -0.05) is 0 Å². The van der Waals surface area contributed by atoms with E-state index in [9.17, 15) is 14.0 Å². The lowest BCUT2D eigenvalue weighted by Crippen LogP contribution is -2.40. The molecule has 128 valence electrons. The molecule has 0 saturated heterocycles. The van der Waals surface area contributed by atoms with Crippen molar-refractivity contribution in [3.8, 4) is 0 Å². The second kappa shape index (κ2) is 10.1. The molecule has 0 aliphatic rings. The molecular formula is C17H24FNO4. The molecule has 6 heteroatoms. The van der Waals surface area contributed by atoms with Gasteiger partial charge in [-0.05, 0) is 50.6 Å². The first-order valence-electron chi connectivity index (χ1n) is 7.67. The molecule has 0 spiro atoms. The van der Waals surface area contributed by atoms with Crippen molar-refractivity contribution < 1.29 is 23.5 Å². The number of ether oxygens (including phenoxy) is 2. The van der Waals surface area contributed by atoms with E-state index in [1.165, 1.54) is 18.2 Å². The molecule has 0 saturated carbocycles. The van der Waals surface area contributed by atoms with Gasteiger partial charge in [0.2, 0.25) is 0 Å². The third-order valence-corrected chi connectivity index (χ3v) is 3.35. The molecule has 0 aliphatic heterocycles. The van der Waals surface area contributed by atoms with Gasteiger partial charge in [0.15, 0.2) is 5.78 Å². The molecule has 1 unspecified atom stereocenters. The fourth-order valence-electron chi connectivity index (χ4n) is 2.14. The van der Waals surface area contributed by atoms with Gasteiger partial charge in [-0.2, -0.15) is 0 Å². The Labute approximate surface area is 136 Å². The third-order valence-electron chi connectivity index (χ3n) is 3.35. The van der Waals surface area contributed by atoms with Gasteiger partial charge in [-0.3, -0.25) is 9.59 Å². The van der Waals surface area contributed by atoms with Crippen LogP contribution in [-0.2, 0) is 14.3 Å². The van der Waals surface area contributed by atoms with E-state index >= 15 is 0 Å². The van der Waals surface area contributed by atoms with Gasteiger partial charge >= 0.3 is 5.97 Å². The molecule has 5 nitrogen and oxygen atoms in total. The van der Waals surface area contributed by atoms with Crippen molar-refractivity contribution in [1.82, 2.24) is 5.32 Å². The molecule has 1 aromatic rings. The molecule has 0 radical (unpaired) electrons. The Balaban J connectivity index is 2.80. The van der Waals surface area contributed by atoms with Crippen LogP contribution in [0.1, 0.15) is 35.7 Å². The standard InChI is InChI=1S/C17H24FNO4/c1-4-23-16(20)11-15(19-8-5-9-22-3)17(21)13-6-7-14(18)12(2)10-13/h6-7,10,15,19H,4-5,8-9,11H2,1-3H3. The number of Topliss-reactive ketones (excluding diaryl/α,β-unsaturated/α-hetero) is 1. The van der Waals surface area contributed by atoms with Crippen LogP contribution >= 0.6 is 0 Å². The van der Waals surface area contributed by atoms with Crippen molar-refractivity contribution in [1.29, 1.82) is 0 Å². The highest BCUT2D eigenvalue weighted by molar-refractivity contribution is 6.02. The first kappa shape index (κ1) is 19.3. The van der Waals surface area contributed by atoms with Crippen LogP contribution in [0.25, 0.3) is 0 Å². The van der Waals surface area contributed by atoms with Gasteiger partial charge in [0.1, 0.15) is 5.82 Å². The molecule has 23 heavy (non-hydrogen) atoms. The van der Waals surface area contributed by atoms with Crippen LogP contribution in [0, 0.1) is 12.7 Å². The number of ketones is 1. The average Bonchev–Trinajstić information content (AvgIpc) is 2.52. The van der Waals surface area contributed by atoms with E-state index < -0.39 is 12.0 Å². The summed E-state index contributed by atoms with van der Waals surface area (Å²) in [5.74, 6) is -1.06. The zero-order valence-electron chi connectivity index (χ0n) is 13.9. The number of esters is 1. The summed E-state index contributed by atoms with van der Waals surface area (Å²) in [5.41, 5.74) is 0.766. The van der Waals surface area contributed by atoms with E-state index in [0.29, 0.717) is 30.7 Å². The number of benzene rings is 1. The van der Waals surface area contributed by atoms with Crippen LogP contribution in [0.15, 0.2) is 18.2 Å². The van der Waals surface area contributed by atoms with Gasteiger partial charge < -0.3 is 14.8 Å². The molecule has 0 amide bonds. The highest BCUT2D eigenvalue weighted by Crippen LogP contribution is 2.13. The highest BCUT2D eigenvalue weighted by atomic mass is 19.1. The zero-order chi connectivity index (χ0) is 17.2. The number of hydrogen-bond acceptors (Lipinski definition) is 5. The number of hydrogen-bond donors (Lipinski definition) is 1. The maximum absolute atomic E-state index is 13.3. The number of aryl methyl sites for hydroxylation is 1. The lowest BCUT2D eigenvalue weighted by molar-refractivity contribution is -0.143. The van der Waals surface area contributed by atoms with Crippen molar-refractivity contribution in [2.24, 2.45) is 0 Å². The lowest BCUT2D eigenvalue weighted by atomic mass is 9.99. The van der Waals surface area contributed by atoms with E-state index in [4.69, 9.17) is 9.47 Å². The fourth-order valence-corrected chi connectivity index (χ4v) is 2.14. The van der Waals surface area contributed by atoms with Gasteiger partial charge in [-0.25, -0.2) is 4.39 Å². The SMILES string of the molecule is CCOC(=O)CC(NCCCOC)C(=O)c1ccc(F)c(C)c1. The number of carbonyl (C=O) groups excluding carboxylic acids is 2. The number of methoxy groups -OCH3 is 1. The van der Waals surface area contributed by atoms with Crippen LogP contribution in [0.4, 0.5) is 4.39 Å². The van der Waals surface area contributed by atoms with Crippen LogP contribution in [-0.4, -0.2) is 44.7 Å². The zero-order valence-corrected chi connectivity index (χ0v) is 13.9. The summed E-state index contributed by atoms with van der Waals surface area (Å²) in [6, 6.07) is 3.48. The smallest absolute Gasteiger partial charge is 0.307 e. The molecule has 0 aliphatic carbocycles. The molecule has 0 bridgehead atoms. The Morgan fingerprint density at radius 3 is 2.70 bits per heavy atom. The molecule has 1 N–H and O–H groups in total. The van der Waals surface area contributed by atoms with E-state index in [-0.39, 0.29) is 24.6 Å². The molecule has 0 aromatic heterocycles. The fraction of sp³-hybridized carbons (Fsp3) is 0.529. The highest BCUT2D eigenvalue weighted by Gasteiger charge is 2.23. The van der Waals surface area contributed by atoms with E-state index in [0.717, 1.165) is 0 Å². The first-order valence-corrected chi connectivity index (χ1v) is 7.67. The van der Waals surface area contributed by atoms with Gasteiger partial charge in [-0.15, -0.1) is 0 Å². The number of nitrogens with one attached hydrogen (secondary N) is 1. The van der Waals surface area contributed by atoms with Crippen molar-refractivity contribution in [2.75, 3.05) is 26.9 Å². The van der Waals surface area contributed by atoms with Gasteiger partial charge in [0.05, 0.1) is 19.1 Å². The Kier molecular flexibility index (Phi) is 8.43. The molecule has 0 fully saturated rings. The van der Waals surface area contributed by atoms with Gasteiger partial charge in [0.25, 0.3) is 0 Å². The summed E-state index contributed by atoms with van der Waals surface area (Å²) >= 11 is 0. The minimum absolute atomic E-state index is 0.0594. The van der Waals surface area contributed by atoms with Gasteiger partial charge in [0, 0.05) is 19.3 Å². The quantitative estimate of drug-likeness (QED) is 0.406. The van der Waals surface area contributed by atoms with E-state index in [1.54, 1.807) is 21.0 Å². The first-order chi connectivity index (χ1) is 11.0. The summed E-state index contributed by atoms with van der Waals surface area (Å²) in [4.78, 5) is 24.3. The molecule has 1 rings (SSSR count). The normalized spacial score (nSPS) is 12.0. The minimum Gasteiger partial charge on any atom is -0.466 e. The summed E-state index contributed by atoms with van der Waals surface area (Å²) in [6.07, 6.45) is 0.654. The Morgan fingerprint density at radius 1 is 1.35 bits per heavy atom.